The second-order valence-electron chi connectivity index (χ2n) is 11.4. The standard InChI is InChI=1S/C33H37N3O6/c1-5-6-16-26(27(37)29(38)34-21(2)22-12-8-7-9-13-22)35-32(41)42-28-31(40)36(20-33(28,3)4)30(39)25-18-17-23-14-10-11-15-24(23)19-25/h7-15,17-19,21,26,28H,5-6,16,20H2,1-4H3,(H,34,38)(H,35,41)/t21-,26+,28-/m1/s1. The van der Waals surface area contributed by atoms with E-state index < -0.39 is 53.2 Å². The van der Waals surface area contributed by atoms with Gasteiger partial charge in [0.15, 0.2) is 6.10 Å². The number of unbranched alkanes of at least 4 members (excludes halogenated alkanes) is 1. The number of carbonyl (C=O) groups is 5. The Morgan fingerprint density at radius 2 is 1.62 bits per heavy atom. The van der Waals surface area contributed by atoms with E-state index in [1.54, 1.807) is 32.9 Å². The van der Waals surface area contributed by atoms with Gasteiger partial charge in [-0.25, -0.2) is 4.79 Å². The number of alkyl carbamates (subject to hydrolysis) is 1. The summed E-state index contributed by atoms with van der Waals surface area (Å²) in [6.07, 6.45) is -0.704. The van der Waals surface area contributed by atoms with E-state index in [9.17, 15) is 24.0 Å². The first kappa shape index (κ1) is 30.4. The summed E-state index contributed by atoms with van der Waals surface area (Å²) in [5, 5.41) is 7.02. The van der Waals surface area contributed by atoms with E-state index >= 15 is 0 Å². The van der Waals surface area contributed by atoms with Gasteiger partial charge in [0.1, 0.15) is 6.04 Å². The zero-order valence-corrected chi connectivity index (χ0v) is 24.4. The molecule has 0 unspecified atom stereocenters. The molecule has 3 atom stereocenters. The zero-order valence-electron chi connectivity index (χ0n) is 24.4. The predicted molar refractivity (Wildman–Crippen MR) is 158 cm³/mol. The van der Waals surface area contributed by atoms with E-state index in [4.69, 9.17) is 4.74 Å². The number of Topliss-reactive ketones (excluding diaryl/α,β-unsaturated/α-hetero) is 1. The SMILES string of the molecule is CCCC[C@H](NC(=O)O[C@@H]1C(=O)N(C(=O)c2ccc3ccccc3c2)CC1(C)C)C(=O)C(=O)N[C@H](C)c1ccccc1. The van der Waals surface area contributed by atoms with Crippen molar-refractivity contribution in [2.24, 2.45) is 5.41 Å². The molecule has 3 aromatic carbocycles. The molecular formula is C33H37N3O6. The first-order valence-electron chi connectivity index (χ1n) is 14.2. The van der Waals surface area contributed by atoms with Crippen LogP contribution in [0.2, 0.25) is 0 Å². The average Bonchev–Trinajstić information content (AvgIpc) is 3.21. The van der Waals surface area contributed by atoms with Gasteiger partial charge in [0.25, 0.3) is 17.7 Å². The quantitative estimate of drug-likeness (QED) is 0.262. The van der Waals surface area contributed by atoms with Crippen molar-refractivity contribution in [1.29, 1.82) is 0 Å². The molecule has 1 saturated heterocycles. The molecule has 4 amide bonds. The minimum atomic E-state index is -1.25. The molecule has 1 aliphatic rings. The number of rotatable bonds is 10. The summed E-state index contributed by atoms with van der Waals surface area (Å²) < 4.78 is 5.54. The van der Waals surface area contributed by atoms with Crippen molar-refractivity contribution < 1.29 is 28.7 Å². The van der Waals surface area contributed by atoms with Crippen LogP contribution in [0.5, 0.6) is 0 Å². The number of imide groups is 1. The number of nitrogens with zero attached hydrogens (tertiary/aromatic N) is 1. The Balaban J connectivity index is 1.42. The lowest BCUT2D eigenvalue weighted by Crippen LogP contribution is -2.49. The summed E-state index contributed by atoms with van der Waals surface area (Å²) in [7, 11) is 0. The van der Waals surface area contributed by atoms with E-state index in [0.717, 1.165) is 27.7 Å². The molecule has 0 spiro atoms. The summed E-state index contributed by atoms with van der Waals surface area (Å²) in [6.45, 7) is 7.21. The van der Waals surface area contributed by atoms with E-state index in [1.165, 1.54) is 0 Å². The smallest absolute Gasteiger partial charge is 0.408 e. The number of nitrogens with one attached hydrogen (secondary N) is 2. The lowest BCUT2D eigenvalue weighted by Gasteiger charge is -2.25. The number of carbonyl (C=O) groups excluding carboxylic acids is 5. The topological polar surface area (TPSA) is 122 Å². The fraction of sp³-hybridized carbons (Fsp3) is 0.364. The number of ether oxygens (including phenoxy) is 1. The van der Waals surface area contributed by atoms with Crippen LogP contribution in [0.15, 0.2) is 72.8 Å². The van der Waals surface area contributed by atoms with Crippen molar-refractivity contribution in [3.8, 4) is 0 Å². The van der Waals surface area contributed by atoms with Gasteiger partial charge in [-0.2, -0.15) is 0 Å². The summed E-state index contributed by atoms with van der Waals surface area (Å²) >= 11 is 0. The van der Waals surface area contributed by atoms with Crippen LogP contribution in [0.4, 0.5) is 4.79 Å². The number of hydrogen-bond acceptors (Lipinski definition) is 6. The van der Waals surface area contributed by atoms with Crippen LogP contribution in [0.3, 0.4) is 0 Å². The van der Waals surface area contributed by atoms with Crippen LogP contribution in [-0.4, -0.2) is 53.2 Å². The molecule has 9 nitrogen and oxygen atoms in total. The lowest BCUT2D eigenvalue weighted by atomic mass is 9.90. The van der Waals surface area contributed by atoms with Crippen molar-refractivity contribution in [3.63, 3.8) is 0 Å². The van der Waals surface area contributed by atoms with Gasteiger partial charge in [-0.3, -0.25) is 24.1 Å². The normalized spacial score (nSPS) is 17.4. The van der Waals surface area contributed by atoms with Gasteiger partial charge in [0.2, 0.25) is 5.78 Å². The first-order chi connectivity index (χ1) is 20.0. The summed E-state index contributed by atoms with van der Waals surface area (Å²) in [5.74, 6) is -2.74. The maximum Gasteiger partial charge on any atom is 0.408 e. The molecule has 220 valence electrons. The Morgan fingerprint density at radius 1 is 0.952 bits per heavy atom. The van der Waals surface area contributed by atoms with Gasteiger partial charge < -0.3 is 15.4 Å². The van der Waals surface area contributed by atoms with Crippen LogP contribution in [-0.2, 0) is 19.1 Å². The molecule has 42 heavy (non-hydrogen) atoms. The van der Waals surface area contributed by atoms with E-state index in [0.29, 0.717) is 12.0 Å². The van der Waals surface area contributed by atoms with Gasteiger partial charge in [-0.15, -0.1) is 0 Å². The maximum atomic E-state index is 13.4. The van der Waals surface area contributed by atoms with Crippen LogP contribution < -0.4 is 10.6 Å². The Hall–Kier alpha value is -4.53. The number of likely N-dealkylation sites (tertiary alicyclic amines) is 1. The molecular weight excluding hydrogens is 534 g/mol. The molecule has 0 saturated carbocycles. The largest absolute Gasteiger partial charge is 0.435 e. The molecule has 9 heteroatoms. The Morgan fingerprint density at radius 3 is 2.31 bits per heavy atom. The molecule has 0 aromatic heterocycles. The Kier molecular flexibility index (Phi) is 9.40. The number of fused-ring (bicyclic) bond motifs is 1. The van der Waals surface area contributed by atoms with E-state index in [1.807, 2.05) is 67.6 Å². The molecule has 3 aromatic rings. The summed E-state index contributed by atoms with van der Waals surface area (Å²) in [6, 6.07) is 20.5. The minimum Gasteiger partial charge on any atom is -0.435 e. The highest BCUT2D eigenvalue weighted by Crippen LogP contribution is 2.34. The van der Waals surface area contributed by atoms with Gasteiger partial charge in [0, 0.05) is 17.5 Å². The van der Waals surface area contributed by atoms with Crippen LogP contribution >= 0.6 is 0 Å². The number of ketones is 1. The first-order valence-corrected chi connectivity index (χ1v) is 14.2. The highest BCUT2D eigenvalue weighted by Gasteiger charge is 2.51. The third kappa shape index (κ3) is 6.84. The molecule has 4 rings (SSSR count). The highest BCUT2D eigenvalue weighted by molar-refractivity contribution is 6.38. The molecule has 1 aliphatic heterocycles. The molecule has 0 aliphatic carbocycles. The third-order valence-corrected chi connectivity index (χ3v) is 7.56. The van der Waals surface area contributed by atoms with Gasteiger partial charge in [-0.1, -0.05) is 94.3 Å². The van der Waals surface area contributed by atoms with Crippen molar-refractivity contribution in [2.45, 2.75) is 65.1 Å². The van der Waals surface area contributed by atoms with Crippen LogP contribution in [0, 0.1) is 5.41 Å². The highest BCUT2D eigenvalue weighted by atomic mass is 16.6. The molecule has 1 heterocycles. The van der Waals surface area contributed by atoms with Crippen molar-refractivity contribution in [1.82, 2.24) is 15.5 Å². The van der Waals surface area contributed by atoms with Crippen LogP contribution in [0.1, 0.15) is 68.9 Å². The number of benzene rings is 3. The summed E-state index contributed by atoms with van der Waals surface area (Å²) in [4.78, 5) is 66.7. The van der Waals surface area contributed by atoms with Gasteiger partial charge >= 0.3 is 6.09 Å². The lowest BCUT2D eigenvalue weighted by molar-refractivity contribution is -0.139. The molecule has 2 N–H and O–H groups in total. The number of hydrogen-bond donors (Lipinski definition) is 2. The second-order valence-corrected chi connectivity index (χ2v) is 11.4. The fourth-order valence-electron chi connectivity index (χ4n) is 5.12. The van der Waals surface area contributed by atoms with Crippen LogP contribution in [0.25, 0.3) is 10.8 Å². The third-order valence-electron chi connectivity index (χ3n) is 7.56. The van der Waals surface area contributed by atoms with Gasteiger partial charge in [-0.05, 0) is 41.8 Å². The molecule has 0 radical (unpaired) electrons. The number of amides is 4. The van der Waals surface area contributed by atoms with Crippen molar-refractivity contribution >= 4 is 40.4 Å². The van der Waals surface area contributed by atoms with Gasteiger partial charge in [0.05, 0.1) is 6.04 Å². The monoisotopic (exact) mass is 571 g/mol. The fourth-order valence-corrected chi connectivity index (χ4v) is 5.12. The average molecular weight is 572 g/mol. The minimum absolute atomic E-state index is 0.0490. The Labute approximate surface area is 245 Å². The maximum absolute atomic E-state index is 13.4. The zero-order chi connectivity index (χ0) is 30.4. The van der Waals surface area contributed by atoms with E-state index in [2.05, 4.69) is 10.6 Å². The Bertz CT molecular complexity index is 1490. The van der Waals surface area contributed by atoms with E-state index in [-0.39, 0.29) is 13.0 Å². The summed E-state index contributed by atoms with van der Waals surface area (Å²) in [5.41, 5.74) is 0.302. The predicted octanol–water partition coefficient (Wildman–Crippen LogP) is 4.95. The van der Waals surface area contributed by atoms with Crippen molar-refractivity contribution in [3.05, 3.63) is 83.9 Å². The second kappa shape index (κ2) is 13.0. The molecule has 0 bridgehead atoms. The van der Waals surface area contributed by atoms with Crippen molar-refractivity contribution in [2.75, 3.05) is 6.54 Å². The molecule has 1 fully saturated rings.